The molecular formula is C19H18N6O3. The molecule has 0 bridgehead atoms. The predicted molar refractivity (Wildman–Crippen MR) is 102 cm³/mol. The monoisotopic (exact) mass is 378 g/mol. The summed E-state index contributed by atoms with van der Waals surface area (Å²) < 4.78 is 6.64. The molecule has 0 radical (unpaired) electrons. The van der Waals surface area contributed by atoms with Crippen LogP contribution in [0.1, 0.15) is 16.1 Å². The lowest BCUT2D eigenvalue weighted by Crippen LogP contribution is -2.34. The first-order valence-electron chi connectivity index (χ1n) is 8.73. The Hall–Kier alpha value is -3.75. The highest BCUT2D eigenvalue weighted by atomic mass is 16.5. The van der Waals surface area contributed by atoms with Crippen LogP contribution in [-0.2, 0) is 13.1 Å². The summed E-state index contributed by atoms with van der Waals surface area (Å²) in [4.78, 5) is 31.0. The molecule has 0 fully saturated rings. The molecule has 28 heavy (non-hydrogen) atoms. The van der Waals surface area contributed by atoms with Crippen LogP contribution in [0.25, 0.3) is 0 Å². The molecule has 1 aliphatic heterocycles. The number of ether oxygens (including phenoxy) is 1. The van der Waals surface area contributed by atoms with Gasteiger partial charge in [-0.15, -0.1) is 10.2 Å². The standard InChI is InChI=1S/C19H18N6O3/c1-28-15-6-4-14(5-7-15)24-9-10-25-18(27)16(22-23-19(24)25)17(26)21-12-13-3-2-8-20-11-13/h2-8,11H,9-10,12H2,1H3,(H,21,26). The molecule has 9 heteroatoms. The lowest BCUT2D eigenvalue weighted by Gasteiger charge is -2.17. The van der Waals surface area contributed by atoms with Gasteiger partial charge in [0.1, 0.15) is 5.75 Å². The average Bonchev–Trinajstić information content (AvgIpc) is 3.18. The number of nitrogens with zero attached hydrogens (tertiary/aromatic N) is 5. The summed E-state index contributed by atoms with van der Waals surface area (Å²) in [6.07, 6.45) is 3.30. The van der Waals surface area contributed by atoms with E-state index in [1.165, 1.54) is 4.57 Å². The van der Waals surface area contributed by atoms with Gasteiger partial charge in [-0.25, -0.2) is 0 Å². The van der Waals surface area contributed by atoms with Crippen molar-refractivity contribution in [3.05, 3.63) is 70.4 Å². The molecule has 0 aliphatic carbocycles. The van der Waals surface area contributed by atoms with Gasteiger partial charge in [0.25, 0.3) is 11.5 Å². The Kier molecular flexibility index (Phi) is 4.71. The summed E-state index contributed by atoms with van der Waals surface area (Å²) in [6.45, 7) is 1.25. The van der Waals surface area contributed by atoms with Gasteiger partial charge < -0.3 is 15.0 Å². The number of carbonyl (C=O) groups is 1. The SMILES string of the molecule is COc1ccc(N2CCn3c2nnc(C(=O)NCc2cccnc2)c3=O)cc1. The van der Waals surface area contributed by atoms with Crippen LogP contribution in [0.5, 0.6) is 5.75 Å². The van der Waals surface area contributed by atoms with Crippen LogP contribution in [-0.4, -0.2) is 39.3 Å². The number of nitrogens with one attached hydrogen (secondary N) is 1. The normalized spacial score (nSPS) is 12.5. The molecule has 3 heterocycles. The van der Waals surface area contributed by atoms with Gasteiger partial charge in [-0.05, 0) is 35.9 Å². The van der Waals surface area contributed by atoms with Crippen LogP contribution in [0.3, 0.4) is 0 Å². The highest BCUT2D eigenvalue weighted by molar-refractivity contribution is 5.91. The topological polar surface area (TPSA) is 102 Å². The number of aromatic nitrogens is 4. The Bertz CT molecular complexity index is 1050. The largest absolute Gasteiger partial charge is 0.497 e. The minimum atomic E-state index is -0.556. The maximum absolute atomic E-state index is 12.7. The summed E-state index contributed by atoms with van der Waals surface area (Å²) in [6, 6.07) is 11.1. The molecule has 1 N–H and O–H groups in total. The highest BCUT2D eigenvalue weighted by Gasteiger charge is 2.27. The number of anilines is 2. The van der Waals surface area contributed by atoms with E-state index in [1.54, 1.807) is 25.6 Å². The lowest BCUT2D eigenvalue weighted by atomic mass is 10.3. The summed E-state index contributed by atoms with van der Waals surface area (Å²) >= 11 is 0. The van der Waals surface area contributed by atoms with Crippen molar-refractivity contribution >= 4 is 17.5 Å². The third-order valence-electron chi connectivity index (χ3n) is 4.49. The van der Waals surface area contributed by atoms with Crippen molar-refractivity contribution in [3.63, 3.8) is 0 Å². The van der Waals surface area contributed by atoms with Crippen molar-refractivity contribution in [1.82, 2.24) is 25.1 Å². The molecule has 0 saturated carbocycles. The number of rotatable bonds is 5. The molecule has 2 aromatic heterocycles. The van der Waals surface area contributed by atoms with E-state index >= 15 is 0 Å². The van der Waals surface area contributed by atoms with E-state index in [4.69, 9.17) is 4.74 Å². The van der Waals surface area contributed by atoms with E-state index in [0.29, 0.717) is 19.0 Å². The predicted octanol–water partition coefficient (Wildman–Crippen LogP) is 1.12. The second kappa shape index (κ2) is 7.47. The Labute approximate surface area is 160 Å². The molecule has 3 aromatic rings. The number of fused-ring (bicyclic) bond motifs is 1. The molecule has 0 unspecified atom stereocenters. The number of methoxy groups -OCH3 is 1. The minimum Gasteiger partial charge on any atom is -0.497 e. The smallest absolute Gasteiger partial charge is 0.286 e. The van der Waals surface area contributed by atoms with Crippen LogP contribution in [0.15, 0.2) is 53.6 Å². The van der Waals surface area contributed by atoms with Crippen LogP contribution in [0.2, 0.25) is 0 Å². The van der Waals surface area contributed by atoms with Crippen molar-refractivity contribution in [2.24, 2.45) is 0 Å². The molecule has 142 valence electrons. The van der Waals surface area contributed by atoms with Crippen molar-refractivity contribution in [2.75, 3.05) is 18.6 Å². The summed E-state index contributed by atoms with van der Waals surface area (Å²) in [5.41, 5.74) is 1.03. The van der Waals surface area contributed by atoms with E-state index in [1.807, 2.05) is 35.2 Å². The van der Waals surface area contributed by atoms with Gasteiger partial charge in [0.05, 0.1) is 7.11 Å². The fourth-order valence-electron chi connectivity index (χ4n) is 3.03. The van der Waals surface area contributed by atoms with Gasteiger partial charge in [-0.2, -0.15) is 0 Å². The molecule has 9 nitrogen and oxygen atoms in total. The Balaban J connectivity index is 1.55. The van der Waals surface area contributed by atoms with Crippen molar-refractivity contribution in [2.45, 2.75) is 13.1 Å². The van der Waals surface area contributed by atoms with E-state index in [9.17, 15) is 9.59 Å². The number of benzene rings is 1. The Morgan fingerprint density at radius 3 is 2.71 bits per heavy atom. The zero-order valence-electron chi connectivity index (χ0n) is 15.2. The van der Waals surface area contributed by atoms with E-state index in [2.05, 4.69) is 20.5 Å². The van der Waals surface area contributed by atoms with E-state index in [0.717, 1.165) is 17.0 Å². The summed E-state index contributed by atoms with van der Waals surface area (Å²) in [5, 5.41) is 10.7. The highest BCUT2D eigenvalue weighted by Crippen LogP contribution is 2.28. The number of pyridine rings is 1. The summed E-state index contributed by atoms with van der Waals surface area (Å²) in [7, 11) is 1.60. The molecule has 0 atom stereocenters. The first-order valence-corrected chi connectivity index (χ1v) is 8.73. The second-order valence-corrected chi connectivity index (χ2v) is 6.20. The minimum absolute atomic E-state index is 0.218. The molecule has 1 aliphatic rings. The van der Waals surface area contributed by atoms with Crippen LogP contribution in [0.4, 0.5) is 11.6 Å². The summed E-state index contributed by atoms with van der Waals surface area (Å²) in [5.74, 6) is 0.602. The van der Waals surface area contributed by atoms with Crippen LogP contribution < -0.4 is 20.5 Å². The van der Waals surface area contributed by atoms with Gasteiger partial charge in [0.2, 0.25) is 11.6 Å². The molecule has 1 amide bonds. The number of hydrogen-bond acceptors (Lipinski definition) is 7. The van der Waals surface area contributed by atoms with Crippen LogP contribution >= 0.6 is 0 Å². The fraction of sp³-hybridized carbons (Fsp3) is 0.211. The van der Waals surface area contributed by atoms with Crippen molar-refractivity contribution in [1.29, 1.82) is 0 Å². The fourth-order valence-corrected chi connectivity index (χ4v) is 3.03. The number of amides is 1. The van der Waals surface area contributed by atoms with Gasteiger partial charge in [0.15, 0.2) is 0 Å². The first-order chi connectivity index (χ1) is 13.7. The third kappa shape index (κ3) is 3.29. The van der Waals surface area contributed by atoms with Crippen LogP contribution in [0, 0.1) is 0 Å². The third-order valence-corrected chi connectivity index (χ3v) is 4.49. The maximum Gasteiger partial charge on any atom is 0.286 e. The van der Waals surface area contributed by atoms with E-state index < -0.39 is 11.5 Å². The first kappa shape index (κ1) is 17.7. The Morgan fingerprint density at radius 1 is 1.18 bits per heavy atom. The quantitative estimate of drug-likeness (QED) is 0.710. The lowest BCUT2D eigenvalue weighted by molar-refractivity contribution is 0.0942. The molecular weight excluding hydrogens is 360 g/mol. The molecule has 1 aromatic carbocycles. The average molecular weight is 378 g/mol. The zero-order chi connectivity index (χ0) is 19.5. The van der Waals surface area contributed by atoms with Crippen molar-refractivity contribution in [3.8, 4) is 5.75 Å². The van der Waals surface area contributed by atoms with Gasteiger partial charge >= 0.3 is 0 Å². The maximum atomic E-state index is 12.7. The van der Waals surface area contributed by atoms with Gasteiger partial charge in [-0.3, -0.25) is 19.1 Å². The number of carbonyl (C=O) groups excluding carboxylic acids is 1. The van der Waals surface area contributed by atoms with Gasteiger partial charge in [0, 0.05) is 37.7 Å². The zero-order valence-corrected chi connectivity index (χ0v) is 15.2. The molecule has 0 saturated heterocycles. The Morgan fingerprint density at radius 2 is 2.00 bits per heavy atom. The van der Waals surface area contributed by atoms with Crippen molar-refractivity contribution < 1.29 is 9.53 Å². The number of hydrogen-bond donors (Lipinski definition) is 1. The second-order valence-electron chi connectivity index (χ2n) is 6.20. The van der Waals surface area contributed by atoms with Gasteiger partial charge in [-0.1, -0.05) is 6.07 Å². The van der Waals surface area contributed by atoms with E-state index in [-0.39, 0.29) is 12.2 Å². The molecule has 0 spiro atoms. The molecule has 4 rings (SSSR count).